The minimum absolute atomic E-state index is 0.0131. The first-order valence-corrected chi connectivity index (χ1v) is 8.09. The van der Waals surface area contributed by atoms with E-state index in [4.69, 9.17) is 4.74 Å². The molecule has 2 aromatic carbocycles. The Kier molecular flexibility index (Phi) is 5.25. The Labute approximate surface area is 145 Å². The minimum Gasteiger partial charge on any atom is -0.373 e. The molecule has 2 aromatic rings. The molecule has 2 atom stereocenters. The van der Waals surface area contributed by atoms with Crippen LogP contribution in [0.5, 0.6) is 0 Å². The van der Waals surface area contributed by atoms with Crippen LogP contribution < -0.4 is 10.6 Å². The lowest BCUT2D eigenvalue weighted by molar-refractivity contribution is -0.384. The van der Waals surface area contributed by atoms with Gasteiger partial charge in [0.15, 0.2) is 0 Å². The van der Waals surface area contributed by atoms with E-state index < -0.39 is 4.92 Å². The van der Waals surface area contributed by atoms with Gasteiger partial charge in [-0.2, -0.15) is 0 Å². The number of nitro groups is 1. The van der Waals surface area contributed by atoms with Gasteiger partial charge < -0.3 is 15.4 Å². The number of nitro benzene ring substituents is 1. The summed E-state index contributed by atoms with van der Waals surface area (Å²) in [7, 11) is 0. The van der Waals surface area contributed by atoms with Crippen LogP contribution in [0.25, 0.3) is 0 Å². The van der Waals surface area contributed by atoms with Crippen molar-refractivity contribution in [2.75, 3.05) is 18.5 Å². The molecule has 0 radical (unpaired) electrons. The zero-order valence-electron chi connectivity index (χ0n) is 13.6. The monoisotopic (exact) mass is 341 g/mol. The second-order valence-corrected chi connectivity index (χ2v) is 5.89. The molecule has 0 spiro atoms. The molecule has 0 unspecified atom stereocenters. The van der Waals surface area contributed by atoms with Crippen molar-refractivity contribution in [1.82, 2.24) is 5.32 Å². The largest absolute Gasteiger partial charge is 0.373 e. The molecule has 0 aromatic heterocycles. The van der Waals surface area contributed by atoms with Crippen molar-refractivity contribution in [3.63, 3.8) is 0 Å². The Morgan fingerprint density at radius 2 is 1.88 bits per heavy atom. The topological polar surface area (TPSA) is 93.5 Å². The fraction of sp³-hybridized carbons (Fsp3) is 0.278. The molecule has 7 heteroatoms. The molecule has 1 aliphatic heterocycles. The first-order valence-electron chi connectivity index (χ1n) is 8.09. The van der Waals surface area contributed by atoms with Crippen molar-refractivity contribution in [1.29, 1.82) is 0 Å². The molecular weight excluding hydrogens is 322 g/mol. The number of nitrogens with zero attached hydrogens (tertiary/aromatic N) is 1. The molecule has 1 fully saturated rings. The van der Waals surface area contributed by atoms with E-state index in [2.05, 4.69) is 10.6 Å². The number of anilines is 1. The first kappa shape index (κ1) is 16.9. The molecule has 1 heterocycles. The normalized spacial score (nSPS) is 19.4. The number of carbonyl (C=O) groups is 1. The van der Waals surface area contributed by atoms with Crippen LogP contribution in [0.3, 0.4) is 0 Å². The molecule has 0 aliphatic carbocycles. The van der Waals surface area contributed by atoms with Crippen molar-refractivity contribution in [2.24, 2.45) is 5.92 Å². The molecule has 1 saturated heterocycles. The second kappa shape index (κ2) is 7.76. The van der Waals surface area contributed by atoms with E-state index in [0.29, 0.717) is 18.8 Å². The van der Waals surface area contributed by atoms with Crippen LogP contribution in [-0.4, -0.2) is 24.1 Å². The quantitative estimate of drug-likeness (QED) is 0.643. The number of hydrogen-bond acceptors (Lipinski definition) is 4. The highest BCUT2D eigenvalue weighted by atomic mass is 16.6. The van der Waals surface area contributed by atoms with Crippen LogP contribution in [-0.2, 0) is 4.74 Å². The number of benzene rings is 2. The summed E-state index contributed by atoms with van der Waals surface area (Å²) in [6.07, 6.45) is 0.873. The Morgan fingerprint density at radius 3 is 2.56 bits per heavy atom. The molecule has 0 bridgehead atoms. The number of urea groups is 1. The molecule has 0 saturated carbocycles. The summed E-state index contributed by atoms with van der Waals surface area (Å²) in [5, 5.41) is 16.1. The average Bonchev–Trinajstić information content (AvgIpc) is 3.10. The number of rotatable bonds is 5. The van der Waals surface area contributed by atoms with Gasteiger partial charge in [-0.15, -0.1) is 0 Å². The maximum absolute atomic E-state index is 12.0. The smallest absolute Gasteiger partial charge is 0.319 e. The van der Waals surface area contributed by atoms with E-state index in [1.165, 1.54) is 24.3 Å². The molecule has 1 aliphatic rings. The molecule has 7 nitrogen and oxygen atoms in total. The lowest BCUT2D eigenvalue weighted by Crippen LogP contribution is -2.34. The summed E-state index contributed by atoms with van der Waals surface area (Å²) in [5.41, 5.74) is 1.60. The van der Waals surface area contributed by atoms with Crippen molar-refractivity contribution in [3.8, 4) is 0 Å². The summed E-state index contributed by atoms with van der Waals surface area (Å²) in [4.78, 5) is 22.2. The highest BCUT2D eigenvalue weighted by molar-refractivity contribution is 5.89. The van der Waals surface area contributed by atoms with Crippen LogP contribution >= 0.6 is 0 Å². The molecular formula is C18H19N3O4. The summed E-state index contributed by atoms with van der Waals surface area (Å²) in [6.45, 7) is 1.17. The Morgan fingerprint density at radius 1 is 1.16 bits per heavy atom. The fourth-order valence-electron chi connectivity index (χ4n) is 2.92. The van der Waals surface area contributed by atoms with Crippen LogP contribution in [0.4, 0.5) is 16.2 Å². The summed E-state index contributed by atoms with van der Waals surface area (Å²) in [5.74, 6) is 0.213. The molecule has 25 heavy (non-hydrogen) atoms. The van der Waals surface area contributed by atoms with Gasteiger partial charge in [-0.1, -0.05) is 30.3 Å². The predicted molar refractivity (Wildman–Crippen MR) is 93.4 cm³/mol. The minimum atomic E-state index is -0.479. The van der Waals surface area contributed by atoms with Crippen molar-refractivity contribution in [3.05, 3.63) is 70.3 Å². The number of nitrogens with one attached hydrogen (secondary N) is 2. The van der Waals surface area contributed by atoms with E-state index >= 15 is 0 Å². The number of non-ortho nitro benzene ring substituents is 1. The third kappa shape index (κ3) is 4.33. The van der Waals surface area contributed by atoms with Crippen LogP contribution in [0, 0.1) is 16.0 Å². The van der Waals surface area contributed by atoms with Crippen molar-refractivity contribution >= 4 is 17.4 Å². The van der Waals surface area contributed by atoms with E-state index in [-0.39, 0.29) is 23.7 Å². The van der Waals surface area contributed by atoms with Gasteiger partial charge in [-0.3, -0.25) is 10.1 Å². The van der Waals surface area contributed by atoms with Gasteiger partial charge in [-0.05, 0) is 24.1 Å². The highest BCUT2D eigenvalue weighted by Gasteiger charge is 2.29. The van der Waals surface area contributed by atoms with Crippen LogP contribution in [0.15, 0.2) is 54.6 Å². The number of ether oxygens (including phenoxy) is 1. The SMILES string of the molecule is O=C(NC[C@@H]1CCO[C@@H]1c1ccccc1)Nc1ccc([N+](=O)[O-])cc1. The van der Waals surface area contributed by atoms with Gasteiger partial charge in [0.1, 0.15) is 0 Å². The maximum Gasteiger partial charge on any atom is 0.319 e. The average molecular weight is 341 g/mol. The Hall–Kier alpha value is -2.93. The number of amides is 2. The maximum atomic E-state index is 12.0. The van der Waals surface area contributed by atoms with Crippen LogP contribution in [0.2, 0.25) is 0 Å². The zero-order chi connectivity index (χ0) is 17.6. The van der Waals surface area contributed by atoms with Gasteiger partial charge in [-0.25, -0.2) is 4.79 Å². The number of carbonyl (C=O) groups excluding carboxylic acids is 1. The third-order valence-corrected chi connectivity index (χ3v) is 4.20. The third-order valence-electron chi connectivity index (χ3n) is 4.20. The van der Waals surface area contributed by atoms with Crippen molar-refractivity contribution < 1.29 is 14.5 Å². The van der Waals surface area contributed by atoms with E-state index in [0.717, 1.165) is 12.0 Å². The van der Waals surface area contributed by atoms with Gasteiger partial charge in [0.05, 0.1) is 11.0 Å². The van der Waals surface area contributed by atoms with Gasteiger partial charge in [0, 0.05) is 36.9 Å². The van der Waals surface area contributed by atoms with Gasteiger partial charge in [0.2, 0.25) is 0 Å². The molecule has 130 valence electrons. The summed E-state index contributed by atoms with van der Waals surface area (Å²) < 4.78 is 5.80. The Bertz CT molecular complexity index is 734. The standard InChI is InChI=1S/C18H19N3O4/c22-18(20-15-6-8-16(9-7-15)21(23)24)19-12-14-10-11-25-17(14)13-4-2-1-3-5-13/h1-9,14,17H,10-12H2,(H2,19,20,22)/t14-,17+/m0/s1. The lowest BCUT2D eigenvalue weighted by atomic mass is 9.95. The van der Waals surface area contributed by atoms with Crippen LogP contribution in [0.1, 0.15) is 18.1 Å². The van der Waals surface area contributed by atoms with Gasteiger partial charge >= 0.3 is 6.03 Å². The lowest BCUT2D eigenvalue weighted by Gasteiger charge is -2.19. The zero-order valence-corrected chi connectivity index (χ0v) is 13.6. The van der Waals surface area contributed by atoms with E-state index in [1.54, 1.807) is 0 Å². The molecule has 3 rings (SSSR count). The summed E-state index contributed by atoms with van der Waals surface area (Å²) >= 11 is 0. The highest BCUT2D eigenvalue weighted by Crippen LogP contribution is 2.33. The van der Waals surface area contributed by atoms with E-state index in [9.17, 15) is 14.9 Å². The van der Waals surface area contributed by atoms with E-state index in [1.807, 2.05) is 30.3 Å². The van der Waals surface area contributed by atoms with Crippen molar-refractivity contribution in [2.45, 2.75) is 12.5 Å². The fourth-order valence-corrected chi connectivity index (χ4v) is 2.92. The molecule has 2 amide bonds. The summed E-state index contributed by atoms with van der Waals surface area (Å²) in [6, 6.07) is 15.3. The predicted octanol–water partition coefficient (Wildman–Crippen LogP) is 3.49. The van der Waals surface area contributed by atoms with Gasteiger partial charge in [0.25, 0.3) is 5.69 Å². The Balaban J connectivity index is 1.52. The second-order valence-electron chi connectivity index (χ2n) is 5.89. The number of hydrogen-bond donors (Lipinski definition) is 2. The molecule has 2 N–H and O–H groups in total. The first-order chi connectivity index (χ1) is 12.1.